The summed E-state index contributed by atoms with van der Waals surface area (Å²) in [6.45, 7) is 20.3. The number of rotatable bonds is 7. The lowest BCUT2D eigenvalue weighted by molar-refractivity contribution is 0.0200. The van der Waals surface area contributed by atoms with Crippen LogP contribution in [-0.4, -0.2) is 48.2 Å². The predicted octanol–water partition coefficient (Wildman–Crippen LogP) is 4.23. The fraction of sp³-hybridized carbons (Fsp3) is 0.857. The summed E-state index contributed by atoms with van der Waals surface area (Å²) in [4.78, 5) is 12.2. The number of alkyl carbamates (subject to hydrolysis) is 1. The zero-order valence-corrected chi connectivity index (χ0v) is 19.9. The fourth-order valence-electron chi connectivity index (χ4n) is 3.69. The number of ether oxygens (including phenoxy) is 1. The molecule has 0 aliphatic heterocycles. The smallest absolute Gasteiger partial charge is 0.408 e. The Morgan fingerprint density at radius 1 is 1.00 bits per heavy atom. The monoisotopic (exact) mass is 399 g/mol. The third-order valence-electron chi connectivity index (χ3n) is 5.05. The summed E-state index contributed by atoms with van der Waals surface area (Å²) in [5, 5.41) is 22.5. The van der Waals surface area contributed by atoms with Crippen molar-refractivity contribution in [3.8, 4) is 11.5 Å². The van der Waals surface area contributed by atoms with Crippen molar-refractivity contribution in [3.63, 3.8) is 0 Å². The van der Waals surface area contributed by atoms with Gasteiger partial charge in [0, 0.05) is 6.42 Å². The van der Waals surface area contributed by atoms with Gasteiger partial charge in [-0.05, 0) is 44.3 Å². The molecule has 6 heteroatoms. The van der Waals surface area contributed by atoms with E-state index in [9.17, 15) is 15.0 Å². The Kier molecular flexibility index (Phi) is 10.1. The van der Waals surface area contributed by atoms with Crippen LogP contribution in [0.4, 0.5) is 4.79 Å². The molecule has 0 rings (SSSR count). The predicted molar refractivity (Wildman–Crippen MR) is 114 cm³/mol. The van der Waals surface area contributed by atoms with Crippen LogP contribution in [0.15, 0.2) is 0 Å². The number of aliphatic hydroxyl groups excluding tert-OH is 2. The summed E-state index contributed by atoms with van der Waals surface area (Å²) in [7, 11) is -1.96. The first kappa shape index (κ1) is 26.0. The number of hydrogen-bond donors (Lipinski definition) is 3. The van der Waals surface area contributed by atoms with Gasteiger partial charge in [-0.15, -0.1) is 5.54 Å². The van der Waals surface area contributed by atoms with Crippen molar-refractivity contribution in [1.82, 2.24) is 5.32 Å². The van der Waals surface area contributed by atoms with E-state index >= 15 is 0 Å². The van der Waals surface area contributed by atoms with E-state index in [0.717, 1.165) is 0 Å². The van der Waals surface area contributed by atoms with E-state index in [-0.39, 0.29) is 6.42 Å². The van der Waals surface area contributed by atoms with E-state index < -0.39 is 38.0 Å². The first-order valence-electron chi connectivity index (χ1n) is 10.0. The summed E-state index contributed by atoms with van der Waals surface area (Å²) in [6.07, 6.45) is -2.27. The highest BCUT2D eigenvalue weighted by Crippen LogP contribution is 2.40. The molecule has 0 aromatic rings. The Balaban J connectivity index is 5.75. The molecular formula is C21H41NO4Si. The van der Waals surface area contributed by atoms with Gasteiger partial charge in [0.25, 0.3) is 0 Å². The van der Waals surface area contributed by atoms with Crippen molar-refractivity contribution in [2.24, 2.45) is 0 Å². The van der Waals surface area contributed by atoms with Crippen molar-refractivity contribution >= 4 is 14.2 Å². The van der Waals surface area contributed by atoms with Crippen molar-refractivity contribution in [1.29, 1.82) is 0 Å². The molecule has 0 aliphatic rings. The second-order valence-electron chi connectivity index (χ2n) is 9.41. The van der Waals surface area contributed by atoms with Gasteiger partial charge in [-0.1, -0.05) is 47.5 Å². The molecule has 158 valence electrons. The molecule has 0 aromatic heterocycles. The van der Waals surface area contributed by atoms with Gasteiger partial charge in [0.1, 0.15) is 13.7 Å². The molecule has 0 heterocycles. The molecule has 0 saturated carbocycles. The molecule has 27 heavy (non-hydrogen) atoms. The Labute approximate surface area is 167 Å². The average molecular weight is 400 g/mol. The molecule has 0 saturated heterocycles. The third kappa shape index (κ3) is 8.24. The summed E-state index contributed by atoms with van der Waals surface area (Å²) in [6, 6.07) is -0.576. The lowest BCUT2D eigenvalue weighted by Gasteiger charge is -2.38. The number of nitrogens with one attached hydrogen (secondary N) is 1. The number of aliphatic hydroxyl groups is 2. The minimum absolute atomic E-state index is 0.155. The first-order valence-corrected chi connectivity index (χ1v) is 12.2. The Bertz CT molecular complexity index is 505. The number of carbonyl (C=O) groups excluding carboxylic acids is 1. The lowest BCUT2D eigenvalue weighted by atomic mass is 10.1. The van der Waals surface area contributed by atoms with Crippen molar-refractivity contribution in [2.75, 3.05) is 0 Å². The first-order chi connectivity index (χ1) is 12.1. The van der Waals surface area contributed by atoms with Crippen LogP contribution in [-0.2, 0) is 4.74 Å². The van der Waals surface area contributed by atoms with Gasteiger partial charge in [-0.25, -0.2) is 4.79 Å². The van der Waals surface area contributed by atoms with Gasteiger partial charge in [-0.3, -0.25) is 0 Å². The lowest BCUT2D eigenvalue weighted by Crippen LogP contribution is -2.45. The molecule has 0 fully saturated rings. The van der Waals surface area contributed by atoms with Crippen LogP contribution >= 0.6 is 0 Å². The molecule has 0 bridgehead atoms. The van der Waals surface area contributed by atoms with E-state index in [1.165, 1.54) is 6.92 Å². The van der Waals surface area contributed by atoms with Gasteiger partial charge in [0.15, 0.2) is 0 Å². The van der Waals surface area contributed by atoms with Gasteiger partial charge in [0.2, 0.25) is 0 Å². The highest BCUT2D eigenvalue weighted by atomic mass is 28.3. The van der Waals surface area contributed by atoms with Crippen LogP contribution in [0.1, 0.15) is 75.7 Å². The summed E-state index contributed by atoms with van der Waals surface area (Å²) in [5.41, 5.74) is 4.36. The van der Waals surface area contributed by atoms with Crippen LogP contribution in [0.5, 0.6) is 0 Å². The quantitative estimate of drug-likeness (QED) is 0.442. The second kappa shape index (κ2) is 10.5. The van der Waals surface area contributed by atoms with Gasteiger partial charge in [0.05, 0.1) is 18.2 Å². The minimum atomic E-state index is -1.96. The number of amides is 1. The second-order valence-corrected chi connectivity index (χ2v) is 15.0. The van der Waals surface area contributed by atoms with E-state index in [1.807, 2.05) is 0 Å². The van der Waals surface area contributed by atoms with E-state index in [2.05, 4.69) is 58.3 Å². The van der Waals surface area contributed by atoms with Crippen molar-refractivity contribution in [3.05, 3.63) is 0 Å². The number of carbonyl (C=O) groups is 1. The maximum absolute atomic E-state index is 12.2. The maximum atomic E-state index is 12.2. The topological polar surface area (TPSA) is 78.8 Å². The Hall–Kier alpha value is -1.03. The molecule has 0 spiro atoms. The third-order valence-corrected chi connectivity index (χ3v) is 11.4. The van der Waals surface area contributed by atoms with Crippen LogP contribution in [0.2, 0.25) is 16.6 Å². The van der Waals surface area contributed by atoms with Crippen molar-refractivity contribution in [2.45, 2.75) is 116 Å². The highest BCUT2D eigenvalue weighted by Gasteiger charge is 2.41. The minimum Gasteiger partial charge on any atom is -0.444 e. The van der Waals surface area contributed by atoms with Crippen LogP contribution < -0.4 is 5.32 Å². The van der Waals surface area contributed by atoms with Crippen molar-refractivity contribution < 1.29 is 19.7 Å². The molecular weight excluding hydrogens is 358 g/mol. The number of hydrogen-bond acceptors (Lipinski definition) is 4. The fourth-order valence-corrected chi connectivity index (χ4v) is 8.98. The normalized spacial score (nSPS) is 16.0. The molecule has 0 aromatic carbocycles. The molecule has 0 aliphatic carbocycles. The van der Waals surface area contributed by atoms with Gasteiger partial charge >= 0.3 is 6.09 Å². The van der Waals surface area contributed by atoms with Crippen LogP contribution in [0.25, 0.3) is 0 Å². The molecule has 3 N–H and O–H groups in total. The highest BCUT2D eigenvalue weighted by molar-refractivity contribution is 6.90. The maximum Gasteiger partial charge on any atom is 0.408 e. The SMILES string of the molecule is CC(C)[Si](C#C[C@@H](C[C@@H](O)[C@@H](C)O)NC(=O)OC(C)(C)C)(C(C)C)C(C)C. The van der Waals surface area contributed by atoms with E-state index in [1.54, 1.807) is 20.8 Å². The largest absolute Gasteiger partial charge is 0.444 e. The average Bonchev–Trinajstić information content (AvgIpc) is 2.43. The molecule has 0 radical (unpaired) electrons. The molecule has 5 nitrogen and oxygen atoms in total. The zero-order chi connectivity index (χ0) is 21.6. The van der Waals surface area contributed by atoms with E-state index in [0.29, 0.717) is 16.6 Å². The Morgan fingerprint density at radius 3 is 1.78 bits per heavy atom. The molecule has 0 unspecified atom stereocenters. The molecule has 1 amide bonds. The standard InChI is InChI=1S/C21H41NO4Si/c1-14(2)27(15(3)4,16(5)6)12-11-18(13-19(24)17(7)23)22-20(25)26-21(8,9)10/h14-19,23-24H,13H2,1-10H3,(H,22,25)/t17-,18+,19-/m1/s1. The van der Waals surface area contributed by atoms with Gasteiger partial charge < -0.3 is 20.3 Å². The van der Waals surface area contributed by atoms with Crippen LogP contribution in [0, 0.1) is 11.5 Å². The summed E-state index contributed by atoms with van der Waals surface area (Å²) >= 11 is 0. The summed E-state index contributed by atoms with van der Waals surface area (Å²) < 4.78 is 5.33. The Morgan fingerprint density at radius 2 is 1.44 bits per heavy atom. The van der Waals surface area contributed by atoms with E-state index in [4.69, 9.17) is 4.74 Å². The van der Waals surface area contributed by atoms with Crippen LogP contribution in [0.3, 0.4) is 0 Å². The summed E-state index contributed by atoms with van der Waals surface area (Å²) in [5.74, 6) is 3.24. The van der Waals surface area contributed by atoms with Gasteiger partial charge in [-0.2, -0.15) is 0 Å². The molecule has 3 atom stereocenters. The zero-order valence-electron chi connectivity index (χ0n) is 18.9.